The number of hydrogen-bond donors (Lipinski definition) is 0. The molecule has 0 bridgehead atoms. The molecule has 0 amide bonds. The van der Waals surface area contributed by atoms with E-state index < -0.39 is 29.5 Å². The molecule has 0 spiro atoms. The van der Waals surface area contributed by atoms with Crippen LogP contribution in [0.1, 0.15) is 0 Å². The SMILES string of the molecule is CN(c1ccc2c(c1)OC(F)(F)C(F)(F)O2)c1nc(Cl)ncc1F. The average molecular weight is 368 g/mol. The van der Waals surface area contributed by atoms with Gasteiger partial charge in [-0.25, -0.2) is 9.37 Å². The van der Waals surface area contributed by atoms with Gasteiger partial charge < -0.3 is 14.4 Å². The Morgan fingerprint density at radius 3 is 2.38 bits per heavy atom. The van der Waals surface area contributed by atoms with E-state index in [4.69, 9.17) is 11.6 Å². The largest absolute Gasteiger partial charge is 0.507 e. The monoisotopic (exact) mass is 367 g/mol. The second-order valence-corrected chi connectivity index (χ2v) is 5.08. The van der Waals surface area contributed by atoms with Crippen LogP contribution in [0.4, 0.5) is 33.5 Å². The quantitative estimate of drug-likeness (QED) is 0.593. The molecular weight excluding hydrogens is 361 g/mol. The van der Waals surface area contributed by atoms with Crippen molar-refractivity contribution >= 4 is 23.1 Å². The van der Waals surface area contributed by atoms with Crippen molar-refractivity contribution in [3.8, 4) is 11.5 Å². The van der Waals surface area contributed by atoms with Crippen molar-refractivity contribution in [2.75, 3.05) is 11.9 Å². The number of halogens is 6. The van der Waals surface area contributed by atoms with Gasteiger partial charge in [-0.3, -0.25) is 0 Å². The summed E-state index contributed by atoms with van der Waals surface area (Å²) in [5.74, 6) is -2.28. The first kappa shape index (κ1) is 16.5. The van der Waals surface area contributed by atoms with Gasteiger partial charge in [0.05, 0.1) is 6.20 Å². The van der Waals surface area contributed by atoms with Crippen molar-refractivity contribution in [2.45, 2.75) is 12.2 Å². The molecule has 3 rings (SSSR count). The van der Waals surface area contributed by atoms with Gasteiger partial charge in [0, 0.05) is 18.8 Å². The Labute approximate surface area is 136 Å². The molecule has 1 aromatic heterocycles. The summed E-state index contributed by atoms with van der Waals surface area (Å²) in [5, 5.41) is -0.234. The number of alkyl halides is 4. The highest BCUT2D eigenvalue weighted by molar-refractivity contribution is 6.28. The number of anilines is 2. The van der Waals surface area contributed by atoms with Crippen LogP contribution in [0.15, 0.2) is 24.4 Å². The lowest BCUT2D eigenvalue weighted by molar-refractivity contribution is -0.391. The van der Waals surface area contributed by atoms with Crippen molar-refractivity contribution in [1.29, 1.82) is 0 Å². The van der Waals surface area contributed by atoms with Gasteiger partial charge in [-0.1, -0.05) is 0 Å². The fourth-order valence-electron chi connectivity index (χ4n) is 1.96. The van der Waals surface area contributed by atoms with Gasteiger partial charge in [-0.05, 0) is 23.7 Å². The van der Waals surface area contributed by atoms with Gasteiger partial charge in [-0.15, -0.1) is 0 Å². The van der Waals surface area contributed by atoms with Crippen LogP contribution >= 0.6 is 11.6 Å². The Bertz CT molecular complexity index is 805. The lowest BCUT2D eigenvalue weighted by Gasteiger charge is -2.32. The van der Waals surface area contributed by atoms with Crippen LogP contribution in [0.25, 0.3) is 0 Å². The summed E-state index contributed by atoms with van der Waals surface area (Å²) in [6, 6.07) is 3.20. The number of hydrogen-bond acceptors (Lipinski definition) is 5. The zero-order chi connectivity index (χ0) is 17.7. The molecular formula is C13H7ClF5N3O2. The second-order valence-electron chi connectivity index (χ2n) is 4.74. The predicted octanol–water partition coefficient (Wildman–Crippen LogP) is 3.99. The number of ether oxygens (including phenoxy) is 2. The number of nitrogens with zero attached hydrogens (tertiary/aromatic N) is 3. The summed E-state index contributed by atoms with van der Waals surface area (Å²) in [7, 11) is 1.36. The van der Waals surface area contributed by atoms with Crippen LogP contribution in [0, 0.1) is 5.82 Å². The van der Waals surface area contributed by atoms with E-state index in [9.17, 15) is 22.0 Å². The molecule has 1 aliphatic heterocycles. The summed E-state index contributed by atoms with van der Waals surface area (Å²) in [4.78, 5) is 8.27. The smallest absolute Gasteiger partial charge is 0.421 e. The summed E-state index contributed by atoms with van der Waals surface area (Å²) < 4.78 is 74.4. The molecule has 0 N–H and O–H groups in total. The maximum absolute atomic E-state index is 13.8. The van der Waals surface area contributed by atoms with E-state index in [-0.39, 0.29) is 16.8 Å². The highest BCUT2D eigenvalue weighted by atomic mass is 35.5. The molecule has 11 heteroatoms. The number of rotatable bonds is 2. The van der Waals surface area contributed by atoms with E-state index in [2.05, 4.69) is 19.4 Å². The van der Waals surface area contributed by atoms with E-state index in [1.165, 1.54) is 13.1 Å². The van der Waals surface area contributed by atoms with Crippen molar-refractivity contribution in [3.05, 3.63) is 35.5 Å². The first-order valence-electron chi connectivity index (χ1n) is 6.30. The summed E-state index contributed by atoms with van der Waals surface area (Å²) >= 11 is 5.59. The van der Waals surface area contributed by atoms with Crippen molar-refractivity contribution in [1.82, 2.24) is 9.97 Å². The maximum Gasteiger partial charge on any atom is 0.507 e. The van der Waals surface area contributed by atoms with Crippen LogP contribution < -0.4 is 14.4 Å². The lowest BCUT2D eigenvalue weighted by atomic mass is 10.2. The first-order chi connectivity index (χ1) is 11.1. The molecule has 2 heterocycles. The highest BCUT2D eigenvalue weighted by Gasteiger charge is 2.65. The third-order valence-corrected chi connectivity index (χ3v) is 3.33. The van der Waals surface area contributed by atoms with E-state index in [1.54, 1.807) is 0 Å². The molecule has 0 radical (unpaired) electrons. The van der Waals surface area contributed by atoms with Crippen molar-refractivity contribution < 1.29 is 31.4 Å². The van der Waals surface area contributed by atoms with Crippen molar-refractivity contribution in [3.63, 3.8) is 0 Å². The van der Waals surface area contributed by atoms with Gasteiger partial charge in [0.1, 0.15) is 0 Å². The second kappa shape index (κ2) is 5.33. The zero-order valence-electron chi connectivity index (χ0n) is 11.7. The van der Waals surface area contributed by atoms with E-state index in [0.29, 0.717) is 0 Å². The van der Waals surface area contributed by atoms with E-state index >= 15 is 0 Å². The molecule has 0 atom stereocenters. The van der Waals surface area contributed by atoms with Gasteiger partial charge in [-0.2, -0.15) is 22.5 Å². The molecule has 128 valence electrons. The average Bonchev–Trinajstić information content (AvgIpc) is 2.49. The van der Waals surface area contributed by atoms with Gasteiger partial charge in [0.2, 0.25) is 5.28 Å². The van der Waals surface area contributed by atoms with Crippen molar-refractivity contribution in [2.24, 2.45) is 0 Å². The van der Waals surface area contributed by atoms with Crippen LogP contribution in [-0.2, 0) is 0 Å². The molecule has 0 saturated heterocycles. The minimum absolute atomic E-state index is 0.118. The zero-order valence-corrected chi connectivity index (χ0v) is 12.5. The molecule has 0 aliphatic carbocycles. The number of fused-ring (bicyclic) bond motifs is 1. The third kappa shape index (κ3) is 2.66. The first-order valence-corrected chi connectivity index (χ1v) is 6.68. The molecule has 0 fully saturated rings. The van der Waals surface area contributed by atoms with Crippen LogP contribution in [0.3, 0.4) is 0 Å². The van der Waals surface area contributed by atoms with Gasteiger partial charge >= 0.3 is 12.2 Å². The maximum atomic E-state index is 13.8. The summed E-state index contributed by atoms with van der Waals surface area (Å²) in [6.45, 7) is 0. The molecule has 2 aromatic rings. The van der Waals surface area contributed by atoms with Crippen LogP contribution in [0.5, 0.6) is 11.5 Å². The molecule has 24 heavy (non-hydrogen) atoms. The Hall–Kier alpha value is -2.36. The van der Waals surface area contributed by atoms with Crippen LogP contribution in [0.2, 0.25) is 5.28 Å². The number of benzene rings is 1. The Kier molecular flexibility index (Phi) is 3.67. The third-order valence-electron chi connectivity index (χ3n) is 3.14. The molecule has 5 nitrogen and oxygen atoms in total. The Morgan fingerprint density at radius 1 is 1.08 bits per heavy atom. The predicted molar refractivity (Wildman–Crippen MR) is 72.7 cm³/mol. The lowest BCUT2D eigenvalue weighted by Crippen LogP contribution is -2.52. The Morgan fingerprint density at radius 2 is 1.71 bits per heavy atom. The van der Waals surface area contributed by atoms with Gasteiger partial charge in [0.15, 0.2) is 23.1 Å². The number of aromatic nitrogens is 2. The van der Waals surface area contributed by atoms with Crippen LogP contribution in [-0.4, -0.2) is 29.2 Å². The minimum atomic E-state index is -4.85. The van der Waals surface area contributed by atoms with E-state index in [1.807, 2.05) is 0 Å². The normalized spacial score (nSPS) is 17.5. The molecule has 0 unspecified atom stereocenters. The minimum Gasteiger partial charge on any atom is -0.421 e. The summed E-state index contributed by atoms with van der Waals surface area (Å²) in [5.41, 5.74) is 0.118. The fraction of sp³-hybridized carbons (Fsp3) is 0.231. The molecule has 0 saturated carbocycles. The Balaban J connectivity index is 1.99. The molecule has 1 aliphatic rings. The highest BCUT2D eigenvalue weighted by Crippen LogP contribution is 2.48. The molecule has 1 aromatic carbocycles. The van der Waals surface area contributed by atoms with E-state index in [0.717, 1.165) is 23.2 Å². The fourth-order valence-corrected chi connectivity index (χ4v) is 2.09. The standard InChI is InChI=1S/C13H7ClF5N3O2/c1-22(10-7(15)5-20-11(14)21-10)6-2-3-8-9(4-6)24-13(18,19)12(16,17)23-8/h2-5H,1H3. The topological polar surface area (TPSA) is 47.5 Å². The van der Waals surface area contributed by atoms with Gasteiger partial charge in [0.25, 0.3) is 0 Å². The summed E-state index contributed by atoms with van der Waals surface area (Å²) in [6.07, 6.45) is -8.83.